The van der Waals surface area contributed by atoms with E-state index in [1.165, 1.54) is 17.7 Å². The molecule has 0 saturated heterocycles. The molecule has 3 rings (SSSR count). The molecule has 0 spiro atoms. The summed E-state index contributed by atoms with van der Waals surface area (Å²) in [5, 5.41) is 4.11. The Morgan fingerprint density at radius 3 is 2.62 bits per heavy atom. The summed E-state index contributed by atoms with van der Waals surface area (Å²) in [6.07, 6.45) is 4.60. The summed E-state index contributed by atoms with van der Waals surface area (Å²) in [5.74, 6) is 3.47. The molecule has 0 bridgehead atoms. The Kier molecular flexibility index (Phi) is 4.93. The zero-order valence-electron chi connectivity index (χ0n) is 12.1. The van der Waals surface area contributed by atoms with E-state index in [0.717, 1.165) is 36.9 Å². The lowest BCUT2D eigenvalue weighted by Crippen LogP contribution is -2.20. The molecule has 2 N–H and O–H groups in total. The molecule has 0 amide bonds. The minimum atomic E-state index is 0.427. The third-order valence-corrected chi connectivity index (χ3v) is 5.13. The molecule has 1 aromatic heterocycles. The van der Waals surface area contributed by atoms with Crippen LogP contribution in [0.4, 0.5) is 0 Å². The van der Waals surface area contributed by atoms with Crippen LogP contribution in [0.1, 0.15) is 43.3 Å². The van der Waals surface area contributed by atoms with Crippen LogP contribution in [-0.2, 0) is 5.75 Å². The molecule has 21 heavy (non-hydrogen) atoms. The molecule has 0 radical (unpaired) electrons. The summed E-state index contributed by atoms with van der Waals surface area (Å²) in [4.78, 5) is 5.80. The van der Waals surface area contributed by atoms with E-state index in [9.17, 15) is 0 Å². The minimum absolute atomic E-state index is 0.427. The number of nitrogens with two attached hydrogens (primary N) is 1. The monoisotopic (exact) mass is 303 g/mol. The van der Waals surface area contributed by atoms with E-state index < -0.39 is 0 Å². The van der Waals surface area contributed by atoms with Crippen molar-refractivity contribution >= 4 is 11.8 Å². The average Bonchev–Trinajstić information content (AvgIpc) is 3.03. The van der Waals surface area contributed by atoms with Crippen molar-refractivity contribution in [1.82, 2.24) is 10.1 Å². The summed E-state index contributed by atoms with van der Waals surface area (Å²) in [6, 6.07) is 10.3. The highest BCUT2D eigenvalue weighted by molar-refractivity contribution is 7.98. The van der Waals surface area contributed by atoms with E-state index in [1.807, 2.05) is 18.2 Å². The van der Waals surface area contributed by atoms with Crippen molar-refractivity contribution < 1.29 is 4.52 Å². The Morgan fingerprint density at radius 2 is 1.90 bits per heavy atom. The largest absolute Gasteiger partial charge is 0.339 e. The van der Waals surface area contributed by atoms with Gasteiger partial charge in [-0.1, -0.05) is 23.4 Å². The van der Waals surface area contributed by atoms with Crippen molar-refractivity contribution in [2.75, 3.05) is 6.54 Å². The highest BCUT2D eigenvalue weighted by Crippen LogP contribution is 2.34. The third-order valence-electron chi connectivity index (χ3n) is 4.12. The summed E-state index contributed by atoms with van der Waals surface area (Å²) in [6.45, 7) is 0.801. The Morgan fingerprint density at radius 1 is 1.14 bits per heavy atom. The second-order valence-electron chi connectivity index (χ2n) is 5.60. The number of benzene rings is 1. The van der Waals surface area contributed by atoms with Gasteiger partial charge in [-0.15, -0.1) is 11.8 Å². The second-order valence-corrected chi connectivity index (χ2v) is 6.65. The Bertz CT molecular complexity index is 550. The zero-order chi connectivity index (χ0) is 14.5. The summed E-state index contributed by atoms with van der Waals surface area (Å²) < 4.78 is 5.46. The van der Waals surface area contributed by atoms with Gasteiger partial charge < -0.3 is 10.3 Å². The molecule has 1 aliphatic carbocycles. The first-order valence-corrected chi connectivity index (χ1v) is 8.54. The van der Waals surface area contributed by atoms with Crippen LogP contribution in [0.5, 0.6) is 0 Å². The molecule has 2 aromatic rings. The first-order valence-electron chi connectivity index (χ1n) is 7.55. The number of hydrogen-bond acceptors (Lipinski definition) is 5. The van der Waals surface area contributed by atoms with E-state index >= 15 is 0 Å². The highest BCUT2D eigenvalue weighted by atomic mass is 32.2. The van der Waals surface area contributed by atoms with Crippen molar-refractivity contribution in [3.63, 3.8) is 0 Å². The molecule has 1 heterocycles. The molecule has 1 fully saturated rings. The molecule has 112 valence electrons. The van der Waals surface area contributed by atoms with Crippen LogP contribution < -0.4 is 5.73 Å². The Labute approximate surface area is 129 Å². The summed E-state index contributed by atoms with van der Waals surface area (Å²) in [7, 11) is 0. The predicted octanol–water partition coefficient (Wildman–Crippen LogP) is 3.59. The van der Waals surface area contributed by atoms with Crippen LogP contribution in [0.2, 0.25) is 0 Å². The van der Waals surface area contributed by atoms with Crippen molar-refractivity contribution in [3.05, 3.63) is 42.0 Å². The lowest BCUT2D eigenvalue weighted by molar-refractivity contribution is 0.274. The van der Waals surface area contributed by atoms with Gasteiger partial charge in [-0.2, -0.15) is 4.98 Å². The molecule has 0 atom stereocenters. The van der Waals surface area contributed by atoms with Crippen LogP contribution in [-0.4, -0.2) is 16.7 Å². The quantitative estimate of drug-likeness (QED) is 0.855. The highest BCUT2D eigenvalue weighted by Gasteiger charge is 2.25. The maximum Gasteiger partial charge on any atom is 0.229 e. The predicted molar refractivity (Wildman–Crippen MR) is 84.1 cm³/mol. The first-order chi connectivity index (χ1) is 10.3. The molecule has 1 aromatic carbocycles. The van der Waals surface area contributed by atoms with Crippen molar-refractivity contribution in [1.29, 1.82) is 0 Å². The SMILES string of the molecule is NCC1CCC(c2nc(CSc3ccccc3)no2)CC1. The fourth-order valence-electron chi connectivity index (χ4n) is 2.80. The first kappa shape index (κ1) is 14.6. The minimum Gasteiger partial charge on any atom is -0.339 e. The van der Waals surface area contributed by atoms with E-state index in [0.29, 0.717) is 11.8 Å². The van der Waals surface area contributed by atoms with Crippen molar-refractivity contribution in [2.24, 2.45) is 11.7 Å². The maximum absolute atomic E-state index is 5.73. The molecule has 0 unspecified atom stereocenters. The molecular formula is C16H21N3OS. The molecule has 0 aliphatic heterocycles. The maximum atomic E-state index is 5.73. The molecule has 1 saturated carbocycles. The standard InChI is InChI=1S/C16H21N3OS/c17-10-12-6-8-13(9-7-12)16-18-15(19-20-16)11-21-14-4-2-1-3-5-14/h1-5,12-13H,6-11,17H2. The van der Waals surface area contributed by atoms with Crippen LogP contribution in [0.3, 0.4) is 0 Å². The summed E-state index contributed by atoms with van der Waals surface area (Å²) in [5.41, 5.74) is 5.73. The summed E-state index contributed by atoms with van der Waals surface area (Å²) >= 11 is 1.74. The van der Waals surface area contributed by atoms with E-state index in [2.05, 4.69) is 22.3 Å². The normalized spacial score (nSPS) is 22.3. The fourth-order valence-corrected chi connectivity index (χ4v) is 3.56. The van der Waals surface area contributed by atoms with Crippen LogP contribution in [0.15, 0.2) is 39.8 Å². The van der Waals surface area contributed by atoms with Crippen molar-refractivity contribution in [3.8, 4) is 0 Å². The van der Waals surface area contributed by atoms with Gasteiger partial charge in [0.1, 0.15) is 0 Å². The van der Waals surface area contributed by atoms with E-state index in [1.54, 1.807) is 11.8 Å². The molecule has 1 aliphatic rings. The Hall–Kier alpha value is -1.33. The Balaban J connectivity index is 1.54. The van der Waals surface area contributed by atoms with Crippen LogP contribution in [0.25, 0.3) is 0 Å². The fraction of sp³-hybridized carbons (Fsp3) is 0.500. The number of aromatic nitrogens is 2. The van der Waals surface area contributed by atoms with Gasteiger partial charge in [0.05, 0.1) is 5.75 Å². The number of thioether (sulfide) groups is 1. The number of nitrogens with zero attached hydrogens (tertiary/aromatic N) is 2. The number of hydrogen-bond donors (Lipinski definition) is 1. The van der Waals surface area contributed by atoms with Gasteiger partial charge in [-0.05, 0) is 50.3 Å². The second kappa shape index (κ2) is 7.09. The van der Waals surface area contributed by atoms with Gasteiger partial charge >= 0.3 is 0 Å². The molecule has 4 nitrogen and oxygen atoms in total. The topological polar surface area (TPSA) is 64.9 Å². The van der Waals surface area contributed by atoms with Crippen molar-refractivity contribution in [2.45, 2.75) is 42.2 Å². The molecule has 5 heteroatoms. The van der Waals surface area contributed by atoms with Gasteiger partial charge in [0.2, 0.25) is 5.89 Å². The van der Waals surface area contributed by atoms with Gasteiger partial charge in [-0.3, -0.25) is 0 Å². The number of rotatable bonds is 5. The molecular weight excluding hydrogens is 282 g/mol. The third kappa shape index (κ3) is 3.86. The lowest BCUT2D eigenvalue weighted by Gasteiger charge is -2.24. The van der Waals surface area contributed by atoms with Gasteiger partial charge in [-0.25, -0.2) is 0 Å². The average molecular weight is 303 g/mol. The van der Waals surface area contributed by atoms with Gasteiger partial charge in [0.15, 0.2) is 5.82 Å². The smallest absolute Gasteiger partial charge is 0.229 e. The zero-order valence-corrected chi connectivity index (χ0v) is 12.9. The van der Waals surface area contributed by atoms with E-state index in [4.69, 9.17) is 10.3 Å². The lowest BCUT2D eigenvalue weighted by atomic mass is 9.82. The van der Waals surface area contributed by atoms with Gasteiger partial charge in [0.25, 0.3) is 0 Å². The van der Waals surface area contributed by atoms with Crippen LogP contribution >= 0.6 is 11.8 Å². The van der Waals surface area contributed by atoms with Crippen LogP contribution in [0, 0.1) is 5.92 Å². The van der Waals surface area contributed by atoms with E-state index in [-0.39, 0.29) is 0 Å². The van der Waals surface area contributed by atoms with Gasteiger partial charge in [0, 0.05) is 10.8 Å².